The summed E-state index contributed by atoms with van der Waals surface area (Å²) in [5.74, 6) is -0.266. The number of aromatic amines is 1. The summed E-state index contributed by atoms with van der Waals surface area (Å²) in [4.78, 5) is 16.0. The standard InChI is InChI=1S/C20H19FN2O/c1-12-7-13(2)9-15(8-12)23-19(24)20(5-6-20)17-11-22-18-10-14(21)3-4-16(17)18/h3-4,7-11,22H,5-6H2,1-2H3,(H,23,24). The van der Waals surface area contributed by atoms with Crippen molar-refractivity contribution in [2.75, 3.05) is 5.32 Å². The number of aryl methyl sites for hydroxylation is 2. The van der Waals surface area contributed by atoms with Gasteiger partial charge in [-0.2, -0.15) is 0 Å². The molecule has 1 aliphatic carbocycles. The molecule has 0 atom stereocenters. The number of carbonyl (C=O) groups excluding carboxylic acids is 1. The number of anilines is 1. The van der Waals surface area contributed by atoms with Crippen LogP contribution in [-0.4, -0.2) is 10.9 Å². The molecule has 2 N–H and O–H groups in total. The quantitative estimate of drug-likeness (QED) is 0.727. The van der Waals surface area contributed by atoms with Crippen molar-refractivity contribution in [3.63, 3.8) is 0 Å². The molecule has 0 aliphatic heterocycles. The minimum atomic E-state index is -0.506. The first-order chi connectivity index (χ1) is 11.5. The molecule has 1 heterocycles. The van der Waals surface area contributed by atoms with Gasteiger partial charge in [-0.3, -0.25) is 4.79 Å². The molecule has 24 heavy (non-hydrogen) atoms. The lowest BCUT2D eigenvalue weighted by Gasteiger charge is -2.16. The molecule has 1 fully saturated rings. The van der Waals surface area contributed by atoms with Gasteiger partial charge < -0.3 is 10.3 Å². The van der Waals surface area contributed by atoms with E-state index < -0.39 is 5.41 Å². The van der Waals surface area contributed by atoms with Gasteiger partial charge in [0.15, 0.2) is 0 Å². The van der Waals surface area contributed by atoms with E-state index in [-0.39, 0.29) is 11.7 Å². The van der Waals surface area contributed by atoms with Crippen molar-refractivity contribution in [3.05, 3.63) is 65.1 Å². The Bertz CT molecular complexity index is 933. The highest BCUT2D eigenvalue weighted by Crippen LogP contribution is 2.51. The molecule has 2 aromatic carbocycles. The second-order valence-corrected chi connectivity index (χ2v) is 6.80. The molecule has 0 spiro atoms. The number of carbonyl (C=O) groups is 1. The number of aromatic nitrogens is 1. The van der Waals surface area contributed by atoms with E-state index in [1.54, 1.807) is 6.07 Å². The molecule has 1 aromatic heterocycles. The summed E-state index contributed by atoms with van der Waals surface area (Å²) in [5, 5.41) is 3.98. The first-order valence-corrected chi connectivity index (χ1v) is 8.15. The molecular formula is C20H19FN2O. The zero-order valence-electron chi connectivity index (χ0n) is 13.7. The summed E-state index contributed by atoms with van der Waals surface area (Å²) in [6, 6.07) is 10.7. The maximum Gasteiger partial charge on any atom is 0.235 e. The van der Waals surface area contributed by atoms with E-state index in [2.05, 4.69) is 16.4 Å². The Labute approximate surface area is 139 Å². The van der Waals surface area contributed by atoms with Crippen molar-refractivity contribution in [3.8, 4) is 0 Å². The van der Waals surface area contributed by atoms with E-state index in [0.29, 0.717) is 0 Å². The lowest BCUT2D eigenvalue weighted by Crippen LogP contribution is -2.27. The van der Waals surface area contributed by atoms with Crippen LogP contribution in [-0.2, 0) is 10.2 Å². The number of hydrogen-bond donors (Lipinski definition) is 2. The van der Waals surface area contributed by atoms with Crippen molar-refractivity contribution >= 4 is 22.5 Å². The predicted molar refractivity (Wildman–Crippen MR) is 93.7 cm³/mol. The van der Waals surface area contributed by atoms with E-state index in [4.69, 9.17) is 0 Å². The molecular weight excluding hydrogens is 303 g/mol. The van der Waals surface area contributed by atoms with Crippen LogP contribution in [0.1, 0.15) is 29.5 Å². The average molecular weight is 322 g/mol. The van der Waals surface area contributed by atoms with Gasteiger partial charge in [0.2, 0.25) is 5.91 Å². The third-order valence-corrected chi connectivity index (χ3v) is 4.82. The summed E-state index contributed by atoms with van der Waals surface area (Å²) in [7, 11) is 0. The molecule has 0 unspecified atom stereocenters. The van der Waals surface area contributed by atoms with Gasteiger partial charge in [0.1, 0.15) is 5.82 Å². The van der Waals surface area contributed by atoms with Gasteiger partial charge in [0.25, 0.3) is 0 Å². The van der Waals surface area contributed by atoms with Gasteiger partial charge in [-0.25, -0.2) is 4.39 Å². The van der Waals surface area contributed by atoms with E-state index in [0.717, 1.165) is 46.1 Å². The maximum absolute atomic E-state index is 13.4. The van der Waals surface area contributed by atoms with Crippen molar-refractivity contribution < 1.29 is 9.18 Å². The summed E-state index contributed by atoms with van der Waals surface area (Å²) in [6.45, 7) is 4.04. The van der Waals surface area contributed by atoms with Crippen LogP contribution in [0, 0.1) is 19.7 Å². The van der Waals surface area contributed by atoms with Crippen LogP contribution in [0.2, 0.25) is 0 Å². The van der Waals surface area contributed by atoms with Crippen molar-refractivity contribution in [2.24, 2.45) is 0 Å². The Hall–Kier alpha value is -2.62. The molecule has 122 valence electrons. The third kappa shape index (κ3) is 2.39. The number of amides is 1. The van der Waals surface area contributed by atoms with Gasteiger partial charge >= 0.3 is 0 Å². The van der Waals surface area contributed by atoms with Crippen LogP contribution in [0.3, 0.4) is 0 Å². The van der Waals surface area contributed by atoms with E-state index in [1.807, 2.05) is 32.2 Å². The molecule has 1 amide bonds. The number of hydrogen-bond acceptors (Lipinski definition) is 1. The molecule has 3 aromatic rings. The molecule has 0 saturated heterocycles. The molecule has 0 radical (unpaired) electrons. The zero-order chi connectivity index (χ0) is 16.9. The maximum atomic E-state index is 13.4. The summed E-state index contributed by atoms with van der Waals surface area (Å²) >= 11 is 0. The normalized spacial score (nSPS) is 15.5. The van der Waals surface area contributed by atoms with Crippen LogP contribution in [0.25, 0.3) is 10.9 Å². The van der Waals surface area contributed by atoms with Crippen molar-refractivity contribution in [1.82, 2.24) is 4.98 Å². The van der Waals surface area contributed by atoms with Crippen LogP contribution < -0.4 is 5.32 Å². The van der Waals surface area contributed by atoms with Gasteiger partial charge in [0.05, 0.1) is 5.41 Å². The fourth-order valence-corrected chi connectivity index (χ4v) is 3.54. The number of nitrogens with one attached hydrogen (secondary N) is 2. The lowest BCUT2D eigenvalue weighted by molar-refractivity contribution is -0.118. The highest BCUT2D eigenvalue weighted by atomic mass is 19.1. The highest BCUT2D eigenvalue weighted by molar-refractivity contribution is 6.04. The van der Waals surface area contributed by atoms with Crippen molar-refractivity contribution in [2.45, 2.75) is 32.1 Å². The fourth-order valence-electron chi connectivity index (χ4n) is 3.54. The number of fused-ring (bicyclic) bond motifs is 1. The van der Waals surface area contributed by atoms with E-state index in [1.165, 1.54) is 12.1 Å². The largest absolute Gasteiger partial charge is 0.361 e. The minimum absolute atomic E-state index is 0.0118. The first-order valence-electron chi connectivity index (χ1n) is 8.15. The Morgan fingerprint density at radius 2 is 1.83 bits per heavy atom. The molecule has 4 heteroatoms. The molecule has 3 nitrogen and oxygen atoms in total. The van der Waals surface area contributed by atoms with Crippen LogP contribution >= 0.6 is 0 Å². The smallest absolute Gasteiger partial charge is 0.235 e. The Balaban J connectivity index is 1.68. The van der Waals surface area contributed by atoms with E-state index in [9.17, 15) is 9.18 Å². The molecule has 1 aliphatic rings. The monoisotopic (exact) mass is 322 g/mol. The Morgan fingerprint density at radius 1 is 1.12 bits per heavy atom. The van der Waals surface area contributed by atoms with Crippen LogP contribution in [0.4, 0.5) is 10.1 Å². The van der Waals surface area contributed by atoms with Crippen LogP contribution in [0.15, 0.2) is 42.6 Å². The van der Waals surface area contributed by atoms with Crippen molar-refractivity contribution in [1.29, 1.82) is 0 Å². The van der Waals surface area contributed by atoms with Gasteiger partial charge in [-0.05, 0) is 73.7 Å². The number of benzene rings is 2. The summed E-state index contributed by atoms with van der Waals surface area (Å²) in [5.41, 5.74) is 4.26. The van der Waals surface area contributed by atoms with Crippen LogP contribution in [0.5, 0.6) is 0 Å². The summed E-state index contributed by atoms with van der Waals surface area (Å²) in [6.07, 6.45) is 3.47. The topological polar surface area (TPSA) is 44.9 Å². The van der Waals surface area contributed by atoms with Gasteiger partial charge in [-0.15, -0.1) is 0 Å². The second-order valence-electron chi connectivity index (χ2n) is 6.80. The molecule has 0 bridgehead atoms. The Kier molecular flexibility index (Phi) is 3.23. The number of H-pyrrole nitrogens is 1. The first kappa shape index (κ1) is 14.9. The van der Waals surface area contributed by atoms with Gasteiger partial charge in [0, 0.05) is 22.8 Å². The number of halogens is 1. The number of rotatable bonds is 3. The molecule has 1 saturated carbocycles. The Morgan fingerprint density at radius 3 is 2.50 bits per heavy atom. The fraction of sp³-hybridized carbons (Fsp3) is 0.250. The minimum Gasteiger partial charge on any atom is -0.361 e. The summed E-state index contributed by atoms with van der Waals surface area (Å²) < 4.78 is 13.4. The van der Waals surface area contributed by atoms with E-state index >= 15 is 0 Å². The van der Waals surface area contributed by atoms with Gasteiger partial charge in [-0.1, -0.05) is 6.07 Å². The zero-order valence-corrected chi connectivity index (χ0v) is 13.7. The third-order valence-electron chi connectivity index (χ3n) is 4.82. The lowest BCUT2D eigenvalue weighted by atomic mass is 9.94. The molecule has 4 rings (SSSR count). The average Bonchev–Trinajstić information content (AvgIpc) is 3.21. The SMILES string of the molecule is Cc1cc(C)cc(NC(=O)C2(c3c[nH]c4cc(F)ccc34)CC2)c1. The predicted octanol–water partition coefficient (Wildman–Crippen LogP) is 4.59. The highest BCUT2D eigenvalue weighted by Gasteiger charge is 2.52. The second kappa shape index (κ2) is 5.20.